The van der Waals surface area contributed by atoms with Gasteiger partial charge in [0, 0.05) is 10.3 Å². The first-order chi connectivity index (χ1) is 5.27. The van der Waals surface area contributed by atoms with E-state index in [1.807, 2.05) is 11.3 Å². The van der Waals surface area contributed by atoms with Crippen molar-refractivity contribution in [1.82, 2.24) is 0 Å². The summed E-state index contributed by atoms with van der Waals surface area (Å²) in [4.78, 5) is 1.51. The van der Waals surface area contributed by atoms with Crippen LogP contribution in [0.25, 0.3) is 0 Å². The average molecular weight is 167 g/mol. The molecule has 1 saturated carbocycles. The van der Waals surface area contributed by atoms with E-state index < -0.39 is 0 Å². The van der Waals surface area contributed by atoms with Crippen molar-refractivity contribution < 1.29 is 0 Å². The van der Waals surface area contributed by atoms with Crippen LogP contribution >= 0.6 is 11.3 Å². The summed E-state index contributed by atoms with van der Waals surface area (Å²) in [5.41, 5.74) is 6.05. The lowest BCUT2D eigenvalue weighted by molar-refractivity contribution is 0.678. The van der Waals surface area contributed by atoms with E-state index in [0.29, 0.717) is 5.41 Å². The summed E-state index contributed by atoms with van der Waals surface area (Å²) >= 11 is 1.86. The van der Waals surface area contributed by atoms with E-state index in [9.17, 15) is 0 Å². The lowest BCUT2D eigenvalue weighted by Crippen LogP contribution is -2.10. The second-order valence-corrected chi connectivity index (χ2v) is 4.48. The fraction of sp³-hybridized carbons (Fsp3) is 0.556. The minimum atomic E-state index is 0.433. The van der Waals surface area contributed by atoms with Gasteiger partial charge in [-0.25, -0.2) is 0 Å². The van der Waals surface area contributed by atoms with Crippen LogP contribution in [0.4, 0.5) is 0 Å². The number of hydrogen-bond acceptors (Lipinski definition) is 2. The molecule has 0 spiro atoms. The largest absolute Gasteiger partial charge is 0.330 e. The van der Waals surface area contributed by atoms with Crippen molar-refractivity contribution in [2.45, 2.75) is 18.8 Å². The molecule has 0 amide bonds. The first-order valence-electron chi connectivity index (χ1n) is 4.01. The standard InChI is InChI=1S/C9H13NS/c1-9(5-7(9)6-10)8-3-2-4-11-8/h2-4,7H,5-6,10H2,1H3/t7-,9+/m0/s1. The lowest BCUT2D eigenvalue weighted by Gasteiger charge is -2.06. The van der Waals surface area contributed by atoms with Gasteiger partial charge in [-0.05, 0) is 30.3 Å². The average Bonchev–Trinajstić information content (AvgIpc) is 2.55. The normalized spacial score (nSPS) is 35.6. The molecule has 1 aromatic heterocycles. The van der Waals surface area contributed by atoms with E-state index in [0.717, 1.165) is 12.5 Å². The summed E-state index contributed by atoms with van der Waals surface area (Å²) in [5.74, 6) is 0.737. The highest BCUT2D eigenvalue weighted by atomic mass is 32.1. The van der Waals surface area contributed by atoms with Crippen molar-refractivity contribution in [3.8, 4) is 0 Å². The van der Waals surface area contributed by atoms with Crippen LogP contribution in [0.2, 0.25) is 0 Å². The first kappa shape index (κ1) is 7.32. The quantitative estimate of drug-likeness (QED) is 0.716. The minimum absolute atomic E-state index is 0.433. The fourth-order valence-electron chi connectivity index (χ4n) is 1.70. The Bertz CT molecular complexity index is 242. The van der Waals surface area contributed by atoms with Gasteiger partial charge in [-0.2, -0.15) is 0 Å². The second-order valence-electron chi connectivity index (χ2n) is 3.53. The van der Waals surface area contributed by atoms with E-state index in [-0.39, 0.29) is 0 Å². The lowest BCUT2D eigenvalue weighted by atomic mass is 10.1. The van der Waals surface area contributed by atoms with Crippen molar-refractivity contribution in [3.05, 3.63) is 22.4 Å². The first-order valence-corrected chi connectivity index (χ1v) is 4.89. The van der Waals surface area contributed by atoms with Gasteiger partial charge in [-0.3, -0.25) is 0 Å². The number of thiophene rings is 1. The molecule has 2 N–H and O–H groups in total. The van der Waals surface area contributed by atoms with Crippen LogP contribution in [0.5, 0.6) is 0 Å². The molecule has 0 bridgehead atoms. The molecule has 60 valence electrons. The highest BCUT2D eigenvalue weighted by Crippen LogP contribution is 2.54. The fourth-order valence-corrected chi connectivity index (χ4v) is 2.68. The monoisotopic (exact) mass is 167 g/mol. The molecule has 1 fully saturated rings. The summed E-state index contributed by atoms with van der Waals surface area (Å²) in [7, 11) is 0. The zero-order valence-electron chi connectivity index (χ0n) is 6.71. The Morgan fingerprint density at radius 3 is 3.09 bits per heavy atom. The Morgan fingerprint density at radius 2 is 2.64 bits per heavy atom. The van der Waals surface area contributed by atoms with Crippen LogP contribution in [0.15, 0.2) is 17.5 Å². The number of rotatable bonds is 2. The molecular weight excluding hydrogens is 154 g/mol. The van der Waals surface area contributed by atoms with Gasteiger partial charge in [-0.15, -0.1) is 11.3 Å². The van der Waals surface area contributed by atoms with Gasteiger partial charge in [0.15, 0.2) is 0 Å². The summed E-state index contributed by atoms with van der Waals surface area (Å²) < 4.78 is 0. The number of nitrogens with two attached hydrogens (primary N) is 1. The molecule has 0 unspecified atom stereocenters. The van der Waals surface area contributed by atoms with Gasteiger partial charge in [0.05, 0.1) is 0 Å². The van der Waals surface area contributed by atoms with E-state index in [1.165, 1.54) is 11.3 Å². The van der Waals surface area contributed by atoms with Crippen LogP contribution in [0.1, 0.15) is 18.2 Å². The molecular formula is C9H13NS. The van der Waals surface area contributed by atoms with Crippen LogP contribution in [-0.2, 0) is 5.41 Å². The van der Waals surface area contributed by atoms with Crippen LogP contribution in [-0.4, -0.2) is 6.54 Å². The van der Waals surface area contributed by atoms with Crippen molar-refractivity contribution in [2.75, 3.05) is 6.54 Å². The maximum atomic E-state index is 5.62. The molecule has 2 rings (SSSR count). The summed E-state index contributed by atoms with van der Waals surface area (Å²) in [6.45, 7) is 3.16. The second kappa shape index (κ2) is 2.32. The molecule has 1 nitrogen and oxygen atoms in total. The molecule has 2 atom stereocenters. The van der Waals surface area contributed by atoms with Gasteiger partial charge in [0.1, 0.15) is 0 Å². The topological polar surface area (TPSA) is 26.0 Å². The van der Waals surface area contributed by atoms with Crippen LogP contribution < -0.4 is 5.73 Å². The van der Waals surface area contributed by atoms with Crippen molar-refractivity contribution >= 4 is 11.3 Å². The molecule has 0 radical (unpaired) electrons. The smallest absolute Gasteiger partial charge is 0.0108 e. The van der Waals surface area contributed by atoms with Crippen molar-refractivity contribution in [3.63, 3.8) is 0 Å². The molecule has 11 heavy (non-hydrogen) atoms. The predicted octanol–water partition coefficient (Wildman–Crippen LogP) is 1.98. The third-order valence-corrected chi connectivity index (χ3v) is 3.93. The summed E-state index contributed by atoms with van der Waals surface area (Å²) in [6, 6.07) is 4.34. The van der Waals surface area contributed by atoms with Crippen molar-refractivity contribution in [2.24, 2.45) is 11.7 Å². The van der Waals surface area contributed by atoms with E-state index in [1.54, 1.807) is 0 Å². The zero-order chi connectivity index (χ0) is 7.90. The minimum Gasteiger partial charge on any atom is -0.330 e. The third-order valence-electron chi connectivity index (χ3n) is 2.78. The molecule has 1 aliphatic rings. The Balaban J connectivity index is 2.19. The molecule has 0 aromatic carbocycles. The Hall–Kier alpha value is -0.340. The number of hydrogen-bond donors (Lipinski definition) is 1. The molecule has 1 aliphatic carbocycles. The van der Waals surface area contributed by atoms with Gasteiger partial charge < -0.3 is 5.73 Å². The molecule has 0 saturated heterocycles. The van der Waals surface area contributed by atoms with Gasteiger partial charge in [0.2, 0.25) is 0 Å². The zero-order valence-corrected chi connectivity index (χ0v) is 7.53. The van der Waals surface area contributed by atoms with E-state index in [2.05, 4.69) is 24.4 Å². The molecule has 0 aliphatic heterocycles. The Kier molecular flexibility index (Phi) is 1.55. The molecule has 1 aromatic rings. The van der Waals surface area contributed by atoms with Gasteiger partial charge in [-0.1, -0.05) is 13.0 Å². The molecule has 2 heteroatoms. The summed E-state index contributed by atoms with van der Waals surface area (Å²) in [6.07, 6.45) is 1.28. The van der Waals surface area contributed by atoms with Crippen LogP contribution in [0.3, 0.4) is 0 Å². The summed E-state index contributed by atoms with van der Waals surface area (Å²) in [5, 5.41) is 2.15. The van der Waals surface area contributed by atoms with Crippen LogP contribution in [0, 0.1) is 5.92 Å². The Labute approximate surface area is 71.2 Å². The van der Waals surface area contributed by atoms with Gasteiger partial charge >= 0.3 is 0 Å². The highest BCUT2D eigenvalue weighted by molar-refractivity contribution is 7.10. The van der Waals surface area contributed by atoms with Gasteiger partial charge in [0.25, 0.3) is 0 Å². The third kappa shape index (κ3) is 1.01. The Morgan fingerprint density at radius 1 is 1.82 bits per heavy atom. The maximum absolute atomic E-state index is 5.62. The van der Waals surface area contributed by atoms with E-state index >= 15 is 0 Å². The predicted molar refractivity (Wildman–Crippen MR) is 48.8 cm³/mol. The highest BCUT2D eigenvalue weighted by Gasteiger charge is 2.50. The van der Waals surface area contributed by atoms with E-state index in [4.69, 9.17) is 5.73 Å². The maximum Gasteiger partial charge on any atom is 0.0108 e. The van der Waals surface area contributed by atoms with Crippen molar-refractivity contribution in [1.29, 1.82) is 0 Å². The molecule has 1 heterocycles. The SMILES string of the molecule is C[C@@]1(c2cccs2)C[C@H]1CN.